The molecule has 0 spiro atoms. The third-order valence-electron chi connectivity index (χ3n) is 4.74. The molecule has 0 aromatic carbocycles. The van der Waals surface area contributed by atoms with E-state index in [2.05, 4.69) is 28.8 Å². The summed E-state index contributed by atoms with van der Waals surface area (Å²) >= 11 is 0. The fraction of sp³-hybridized carbons (Fsp3) is 0.667. The topological polar surface area (TPSA) is 99.1 Å². The van der Waals surface area contributed by atoms with E-state index < -0.39 is 0 Å². The number of aliphatic hydroxyl groups is 1. The van der Waals surface area contributed by atoms with Crippen molar-refractivity contribution in [2.75, 3.05) is 26.1 Å². The van der Waals surface area contributed by atoms with Crippen molar-refractivity contribution < 1.29 is 9.84 Å². The van der Waals surface area contributed by atoms with Gasteiger partial charge in [0.15, 0.2) is 11.5 Å². The minimum Gasteiger partial charge on any atom is -0.396 e. The zero-order valence-electron chi connectivity index (χ0n) is 13.5. The molecule has 122 valence electrons. The number of methoxy groups -OCH3 is 1. The van der Waals surface area contributed by atoms with E-state index in [1.807, 2.05) is 4.57 Å². The zero-order chi connectivity index (χ0) is 16.2. The Kier molecular flexibility index (Phi) is 5.31. The van der Waals surface area contributed by atoms with Crippen LogP contribution in [0.1, 0.15) is 26.7 Å². The van der Waals surface area contributed by atoms with Crippen LogP contribution in [0.5, 0.6) is 0 Å². The zero-order valence-corrected chi connectivity index (χ0v) is 13.5. The molecule has 2 aromatic heterocycles. The Hall–Kier alpha value is -1.73. The van der Waals surface area contributed by atoms with Crippen molar-refractivity contribution in [3.05, 3.63) is 12.7 Å². The van der Waals surface area contributed by atoms with Crippen LogP contribution >= 0.6 is 0 Å². The Balaban J connectivity index is 2.38. The predicted molar refractivity (Wildman–Crippen MR) is 85.2 cm³/mol. The van der Waals surface area contributed by atoms with Gasteiger partial charge < -0.3 is 20.1 Å². The van der Waals surface area contributed by atoms with Gasteiger partial charge in [0.25, 0.3) is 0 Å². The van der Waals surface area contributed by atoms with Crippen LogP contribution in [0.4, 0.5) is 5.82 Å². The number of nitrogens with two attached hydrogens (primary N) is 1. The number of hydrogen-bond acceptors (Lipinski definition) is 6. The number of aromatic nitrogens is 4. The van der Waals surface area contributed by atoms with Gasteiger partial charge >= 0.3 is 0 Å². The Morgan fingerprint density at radius 1 is 1.41 bits per heavy atom. The summed E-state index contributed by atoms with van der Waals surface area (Å²) in [7, 11) is 1.70. The number of imidazole rings is 1. The van der Waals surface area contributed by atoms with E-state index in [9.17, 15) is 5.11 Å². The van der Waals surface area contributed by atoms with Gasteiger partial charge in [-0.25, -0.2) is 15.0 Å². The molecule has 2 aromatic rings. The maximum Gasteiger partial charge on any atom is 0.165 e. The van der Waals surface area contributed by atoms with Crippen molar-refractivity contribution >= 4 is 17.0 Å². The van der Waals surface area contributed by atoms with Gasteiger partial charge in [0.1, 0.15) is 11.8 Å². The molecule has 7 heteroatoms. The first-order chi connectivity index (χ1) is 10.6. The van der Waals surface area contributed by atoms with E-state index in [-0.39, 0.29) is 17.9 Å². The van der Waals surface area contributed by atoms with Gasteiger partial charge in [-0.2, -0.15) is 0 Å². The van der Waals surface area contributed by atoms with Crippen molar-refractivity contribution in [1.29, 1.82) is 0 Å². The number of nitrogen functional groups attached to an aromatic ring is 1. The Bertz CT molecular complexity index is 615. The second-order valence-electron chi connectivity index (χ2n) is 5.85. The Morgan fingerprint density at radius 3 is 2.82 bits per heavy atom. The van der Waals surface area contributed by atoms with E-state index in [1.54, 1.807) is 13.4 Å². The molecule has 22 heavy (non-hydrogen) atoms. The molecule has 3 N–H and O–H groups in total. The number of aliphatic hydroxyl groups excluding tert-OH is 1. The summed E-state index contributed by atoms with van der Waals surface area (Å²) in [6.07, 6.45) is 4.99. The first kappa shape index (κ1) is 16.6. The van der Waals surface area contributed by atoms with Crippen molar-refractivity contribution in [3.63, 3.8) is 0 Å². The Morgan fingerprint density at radius 2 is 2.18 bits per heavy atom. The highest BCUT2D eigenvalue weighted by atomic mass is 16.5. The summed E-state index contributed by atoms with van der Waals surface area (Å²) in [6, 6.07) is 0. The minimum absolute atomic E-state index is 0.0852. The number of hydrogen-bond donors (Lipinski definition) is 2. The standard InChI is InChI=1S/C15H25N5O2/c1-4-15(5-6-22-3,11(2)7-21)8-20-10-19-12-13(16)17-9-18-14(12)20/h9-11,21H,4-8H2,1-3H3,(H2,16,17,18). The van der Waals surface area contributed by atoms with Crippen LogP contribution in [0.15, 0.2) is 12.7 Å². The maximum absolute atomic E-state index is 9.68. The molecule has 2 heterocycles. The molecule has 0 aliphatic heterocycles. The van der Waals surface area contributed by atoms with Crippen LogP contribution in [-0.4, -0.2) is 44.9 Å². The van der Waals surface area contributed by atoms with Crippen LogP contribution in [0, 0.1) is 11.3 Å². The number of fused-ring (bicyclic) bond motifs is 1. The Labute approximate surface area is 130 Å². The number of rotatable bonds is 8. The van der Waals surface area contributed by atoms with Crippen molar-refractivity contribution in [2.45, 2.75) is 33.2 Å². The normalized spacial score (nSPS) is 15.8. The number of nitrogens with zero attached hydrogens (tertiary/aromatic N) is 4. The van der Waals surface area contributed by atoms with E-state index in [1.165, 1.54) is 6.33 Å². The molecule has 0 aliphatic rings. The molecule has 2 atom stereocenters. The number of anilines is 1. The fourth-order valence-corrected chi connectivity index (χ4v) is 2.97. The van der Waals surface area contributed by atoms with Gasteiger partial charge in [-0.05, 0) is 24.2 Å². The van der Waals surface area contributed by atoms with Gasteiger partial charge in [-0.15, -0.1) is 0 Å². The van der Waals surface area contributed by atoms with Crippen LogP contribution < -0.4 is 5.73 Å². The van der Waals surface area contributed by atoms with Gasteiger partial charge in [-0.3, -0.25) is 0 Å². The lowest BCUT2D eigenvalue weighted by atomic mass is 9.72. The van der Waals surface area contributed by atoms with E-state index in [4.69, 9.17) is 10.5 Å². The molecule has 0 amide bonds. The minimum atomic E-state index is -0.0852. The summed E-state index contributed by atoms with van der Waals surface area (Å²) in [4.78, 5) is 12.6. The van der Waals surface area contributed by atoms with Gasteiger partial charge in [0.2, 0.25) is 0 Å². The molecule has 0 fully saturated rings. The average molecular weight is 307 g/mol. The van der Waals surface area contributed by atoms with Crippen LogP contribution in [0.25, 0.3) is 11.2 Å². The first-order valence-electron chi connectivity index (χ1n) is 7.59. The second-order valence-corrected chi connectivity index (χ2v) is 5.85. The van der Waals surface area contributed by atoms with Crippen molar-refractivity contribution in [2.24, 2.45) is 11.3 Å². The van der Waals surface area contributed by atoms with Crippen molar-refractivity contribution in [3.8, 4) is 0 Å². The quantitative estimate of drug-likeness (QED) is 0.766. The van der Waals surface area contributed by atoms with Gasteiger partial charge in [0.05, 0.1) is 6.33 Å². The molecule has 0 saturated carbocycles. The largest absolute Gasteiger partial charge is 0.396 e. The maximum atomic E-state index is 9.68. The van der Waals surface area contributed by atoms with Crippen LogP contribution in [0.2, 0.25) is 0 Å². The predicted octanol–water partition coefficient (Wildman–Crippen LogP) is 1.47. The third kappa shape index (κ3) is 3.05. The number of ether oxygens (including phenoxy) is 1. The molecule has 7 nitrogen and oxygen atoms in total. The molecule has 2 unspecified atom stereocenters. The third-order valence-corrected chi connectivity index (χ3v) is 4.74. The lowest BCUT2D eigenvalue weighted by Gasteiger charge is -2.38. The van der Waals surface area contributed by atoms with Gasteiger partial charge in [0, 0.05) is 26.9 Å². The smallest absolute Gasteiger partial charge is 0.165 e. The summed E-state index contributed by atoms with van der Waals surface area (Å²) in [5, 5.41) is 9.68. The molecular formula is C15H25N5O2. The highest BCUT2D eigenvalue weighted by molar-refractivity contribution is 5.81. The van der Waals surface area contributed by atoms with E-state index >= 15 is 0 Å². The molecular weight excluding hydrogens is 282 g/mol. The fourth-order valence-electron chi connectivity index (χ4n) is 2.97. The van der Waals surface area contributed by atoms with E-state index in [0.29, 0.717) is 24.5 Å². The van der Waals surface area contributed by atoms with Crippen LogP contribution in [0.3, 0.4) is 0 Å². The lowest BCUT2D eigenvalue weighted by molar-refractivity contribution is 0.0404. The molecule has 0 aliphatic carbocycles. The highest BCUT2D eigenvalue weighted by Gasteiger charge is 2.35. The van der Waals surface area contributed by atoms with Crippen LogP contribution in [-0.2, 0) is 11.3 Å². The van der Waals surface area contributed by atoms with Crippen molar-refractivity contribution in [1.82, 2.24) is 19.5 Å². The second kappa shape index (κ2) is 7.02. The van der Waals surface area contributed by atoms with Gasteiger partial charge in [-0.1, -0.05) is 13.8 Å². The molecule has 0 saturated heterocycles. The highest BCUT2D eigenvalue weighted by Crippen LogP contribution is 2.38. The monoisotopic (exact) mass is 307 g/mol. The summed E-state index contributed by atoms with van der Waals surface area (Å²) in [5.74, 6) is 0.530. The summed E-state index contributed by atoms with van der Waals surface area (Å²) in [5.41, 5.74) is 7.11. The molecule has 0 radical (unpaired) electrons. The van der Waals surface area contributed by atoms with E-state index in [0.717, 1.165) is 18.5 Å². The summed E-state index contributed by atoms with van der Waals surface area (Å²) in [6.45, 7) is 5.72. The lowest BCUT2D eigenvalue weighted by Crippen LogP contribution is -2.36. The average Bonchev–Trinajstić information content (AvgIpc) is 2.95. The first-order valence-corrected chi connectivity index (χ1v) is 7.59. The molecule has 2 rings (SSSR count). The SMILES string of the molecule is CCC(CCOC)(Cn1cnc2c(N)ncnc21)C(C)CO. The molecule has 0 bridgehead atoms. The summed E-state index contributed by atoms with van der Waals surface area (Å²) < 4.78 is 7.27.